The summed E-state index contributed by atoms with van der Waals surface area (Å²) in [5.41, 5.74) is 12.7. The van der Waals surface area contributed by atoms with E-state index in [1.807, 2.05) is 74.5 Å². The average molecular weight is 844 g/mol. The highest BCUT2D eigenvalue weighted by Crippen LogP contribution is 2.35. The summed E-state index contributed by atoms with van der Waals surface area (Å²) in [6.07, 6.45) is 4.00. The highest BCUT2D eigenvalue weighted by atomic mass is 16.6. The molecule has 62 heavy (non-hydrogen) atoms. The summed E-state index contributed by atoms with van der Waals surface area (Å²) >= 11 is 0. The van der Waals surface area contributed by atoms with Crippen LogP contribution in [0.5, 0.6) is 0 Å². The molecule has 2 unspecified atom stereocenters. The van der Waals surface area contributed by atoms with E-state index in [1.165, 1.54) is 14.0 Å². The molecule has 2 aromatic heterocycles. The molecular weight excluding hydrogens is 791 g/mol. The third kappa shape index (κ3) is 9.96. The third-order valence-electron chi connectivity index (χ3n) is 11.5. The van der Waals surface area contributed by atoms with E-state index < -0.39 is 24.3 Å². The van der Waals surface area contributed by atoms with Gasteiger partial charge in [-0.05, 0) is 65.0 Å². The molecule has 0 radical (unpaired) electrons. The second kappa shape index (κ2) is 19.2. The van der Waals surface area contributed by atoms with Gasteiger partial charge in [0, 0.05) is 33.0 Å². The van der Waals surface area contributed by atoms with Crippen molar-refractivity contribution in [3.05, 3.63) is 108 Å². The van der Waals surface area contributed by atoms with Crippen LogP contribution in [-0.2, 0) is 36.8 Å². The number of ether oxygens (including phenoxy) is 2. The topological polar surface area (TPSA) is 218 Å². The molecule has 324 valence electrons. The Kier molecular flexibility index (Phi) is 13.3. The molecule has 2 aliphatic heterocycles. The van der Waals surface area contributed by atoms with Crippen LogP contribution in [0.4, 0.5) is 9.59 Å². The van der Waals surface area contributed by atoms with Gasteiger partial charge in [0.15, 0.2) is 6.10 Å². The van der Waals surface area contributed by atoms with Gasteiger partial charge in [0.2, 0.25) is 11.8 Å². The van der Waals surface area contributed by atoms with Gasteiger partial charge in [-0.25, -0.2) is 19.6 Å². The van der Waals surface area contributed by atoms with E-state index in [0.29, 0.717) is 37.7 Å². The van der Waals surface area contributed by atoms with Crippen LogP contribution in [0, 0.1) is 5.92 Å². The fourth-order valence-corrected chi connectivity index (χ4v) is 8.24. The van der Waals surface area contributed by atoms with Crippen molar-refractivity contribution in [2.45, 2.75) is 83.6 Å². The maximum atomic E-state index is 13.9. The summed E-state index contributed by atoms with van der Waals surface area (Å²) in [4.78, 5) is 82.3. The monoisotopic (exact) mass is 843 g/mol. The summed E-state index contributed by atoms with van der Waals surface area (Å²) in [6.45, 7) is 6.70. The molecule has 6 N–H and O–H groups in total. The number of benzene rings is 3. The lowest BCUT2D eigenvalue weighted by molar-refractivity contribution is -0.141. The molecule has 0 bridgehead atoms. The number of alkyl carbamates (subject to hydrolysis) is 1. The van der Waals surface area contributed by atoms with E-state index in [4.69, 9.17) is 15.2 Å². The van der Waals surface area contributed by atoms with Crippen molar-refractivity contribution in [2.75, 3.05) is 20.2 Å². The Balaban J connectivity index is 0.984. The van der Waals surface area contributed by atoms with Gasteiger partial charge in [0.1, 0.15) is 17.7 Å². The van der Waals surface area contributed by atoms with Crippen LogP contribution < -0.4 is 16.4 Å². The number of nitrogens with zero attached hydrogens (tertiary/aromatic N) is 4. The minimum atomic E-state index is -1.11. The van der Waals surface area contributed by atoms with Crippen LogP contribution in [-0.4, -0.2) is 92.0 Å². The summed E-state index contributed by atoms with van der Waals surface area (Å²) in [6, 6.07) is 22.5. The zero-order valence-electron chi connectivity index (χ0n) is 35.4. The fourth-order valence-electron chi connectivity index (χ4n) is 8.24. The van der Waals surface area contributed by atoms with E-state index in [9.17, 15) is 24.0 Å². The van der Waals surface area contributed by atoms with E-state index >= 15 is 0 Å². The van der Waals surface area contributed by atoms with Crippen molar-refractivity contribution >= 4 is 29.9 Å². The van der Waals surface area contributed by atoms with Crippen molar-refractivity contribution in [3.8, 4) is 33.6 Å². The zero-order valence-corrected chi connectivity index (χ0v) is 35.4. The number of aromatic nitrogens is 4. The Labute approximate surface area is 360 Å². The standard InChI is InChI=1S/C46H53N9O7/c1-27(2)40(53-46(60)61-4)44(58)55-22-6-8-38(55)42-50-26-36(52-42)34-19-15-32(16-20-34)31-13-17-33(18-14-31)35-25-49-41(51-35)37-7-5-21-54(37)43(57)39(62-45(47)59)23-29-9-11-30(12-10-29)24-48-28(3)56/h9-20,25-27,37-40H,5-8,21-24H2,1-4H3,(H2,47,59)(H,48,56)(H,49,51)(H,50,52)(H,53,60)/t37-,38?,39-,40?/m0/s1. The van der Waals surface area contributed by atoms with Gasteiger partial charge in [-0.15, -0.1) is 0 Å². The van der Waals surface area contributed by atoms with Gasteiger partial charge >= 0.3 is 12.2 Å². The van der Waals surface area contributed by atoms with E-state index in [2.05, 4.69) is 42.7 Å². The highest BCUT2D eigenvalue weighted by Gasteiger charge is 2.39. The number of aromatic amines is 2. The summed E-state index contributed by atoms with van der Waals surface area (Å²) in [5, 5.41) is 5.45. The number of hydrogen-bond acceptors (Lipinski definition) is 9. The molecule has 0 spiro atoms. The first-order valence-corrected chi connectivity index (χ1v) is 20.9. The molecule has 2 aliphatic rings. The lowest BCUT2D eigenvalue weighted by atomic mass is 10.0. The van der Waals surface area contributed by atoms with Crippen LogP contribution in [0.15, 0.2) is 85.2 Å². The molecule has 4 atom stereocenters. The first-order chi connectivity index (χ1) is 29.9. The number of carbonyl (C=O) groups excluding carboxylic acids is 5. The predicted molar refractivity (Wildman–Crippen MR) is 231 cm³/mol. The molecule has 5 aromatic rings. The number of nitrogens with two attached hydrogens (primary N) is 1. The Morgan fingerprint density at radius 1 is 0.742 bits per heavy atom. The van der Waals surface area contributed by atoms with Crippen LogP contribution >= 0.6 is 0 Å². The Bertz CT molecular complexity index is 2370. The summed E-state index contributed by atoms with van der Waals surface area (Å²) < 4.78 is 10.1. The second-order valence-electron chi connectivity index (χ2n) is 16.1. The lowest BCUT2D eigenvalue weighted by Gasteiger charge is -2.30. The SMILES string of the molecule is COC(=O)NC(C(=O)N1CCCC1c1ncc(-c2ccc(-c3ccc(-c4cnc([C@@H]5CCCN5C(=O)[C@H](Cc5ccc(CNC(C)=O)cc5)OC(N)=O)[nH]4)cc3)cc2)[nH]1)C(C)C. The van der Waals surface area contributed by atoms with Crippen molar-refractivity contribution < 1.29 is 33.4 Å². The number of methoxy groups -OCH3 is 1. The number of H-pyrrole nitrogens is 2. The second-order valence-corrected chi connectivity index (χ2v) is 16.1. The van der Waals surface area contributed by atoms with Crippen molar-refractivity contribution in [1.82, 2.24) is 40.4 Å². The maximum Gasteiger partial charge on any atom is 0.407 e. The van der Waals surface area contributed by atoms with Crippen LogP contribution in [0.2, 0.25) is 0 Å². The zero-order chi connectivity index (χ0) is 43.9. The molecule has 0 aliphatic carbocycles. The fraction of sp³-hybridized carbons (Fsp3) is 0.370. The molecule has 16 nitrogen and oxygen atoms in total. The molecule has 5 amide bonds. The number of likely N-dealkylation sites (tertiary alicyclic amines) is 2. The normalized spacial score (nSPS) is 17.1. The molecule has 2 fully saturated rings. The van der Waals surface area contributed by atoms with Gasteiger partial charge in [0.25, 0.3) is 5.91 Å². The van der Waals surface area contributed by atoms with E-state index in [-0.39, 0.29) is 42.1 Å². The van der Waals surface area contributed by atoms with E-state index in [0.717, 1.165) is 64.0 Å². The summed E-state index contributed by atoms with van der Waals surface area (Å²) in [5.74, 6) is 0.622. The maximum absolute atomic E-state index is 13.9. The smallest absolute Gasteiger partial charge is 0.407 e. The minimum absolute atomic E-state index is 0.117. The largest absolute Gasteiger partial charge is 0.453 e. The van der Waals surface area contributed by atoms with Gasteiger partial charge in [-0.3, -0.25) is 14.4 Å². The molecule has 2 saturated heterocycles. The minimum Gasteiger partial charge on any atom is -0.453 e. The van der Waals surface area contributed by atoms with Crippen LogP contribution in [0.3, 0.4) is 0 Å². The quantitative estimate of drug-likeness (QED) is 0.0861. The number of amides is 5. The van der Waals surface area contributed by atoms with Gasteiger partial charge in [0.05, 0.1) is 43.0 Å². The Morgan fingerprint density at radius 2 is 1.23 bits per heavy atom. The summed E-state index contributed by atoms with van der Waals surface area (Å²) in [7, 11) is 1.28. The first-order valence-electron chi connectivity index (χ1n) is 20.9. The molecule has 16 heteroatoms. The molecular formula is C46H53N9O7. The van der Waals surface area contributed by atoms with Gasteiger partial charge in [-0.2, -0.15) is 0 Å². The molecule has 3 aromatic carbocycles. The van der Waals surface area contributed by atoms with Crippen molar-refractivity contribution in [1.29, 1.82) is 0 Å². The van der Waals surface area contributed by atoms with Gasteiger partial charge < -0.3 is 45.6 Å². The highest BCUT2D eigenvalue weighted by molar-refractivity contribution is 5.86. The van der Waals surface area contributed by atoms with Crippen molar-refractivity contribution in [3.63, 3.8) is 0 Å². The number of imidazole rings is 2. The number of hydrogen-bond donors (Lipinski definition) is 5. The Morgan fingerprint density at radius 3 is 1.69 bits per heavy atom. The number of rotatable bonds is 14. The lowest BCUT2D eigenvalue weighted by Crippen LogP contribution is -2.51. The number of primary amides is 1. The first kappa shape index (κ1) is 43.1. The Hall–Kier alpha value is -6.97. The predicted octanol–water partition coefficient (Wildman–Crippen LogP) is 6.18. The molecule has 4 heterocycles. The van der Waals surface area contributed by atoms with E-state index in [1.54, 1.807) is 22.2 Å². The van der Waals surface area contributed by atoms with Gasteiger partial charge in [-0.1, -0.05) is 86.6 Å². The third-order valence-corrected chi connectivity index (χ3v) is 11.5. The van der Waals surface area contributed by atoms with Crippen molar-refractivity contribution in [2.24, 2.45) is 11.7 Å². The van der Waals surface area contributed by atoms with Crippen LogP contribution in [0.1, 0.15) is 81.3 Å². The molecule has 0 saturated carbocycles. The number of carbonyl (C=O) groups is 5. The van der Waals surface area contributed by atoms with Crippen LogP contribution in [0.25, 0.3) is 33.6 Å². The molecule has 7 rings (SSSR count). The average Bonchev–Trinajstić information content (AvgIpc) is 4.12. The number of nitrogens with one attached hydrogen (secondary N) is 4.